The van der Waals surface area contributed by atoms with E-state index in [1.807, 2.05) is 10.3 Å². The molecular formula is C20H32N4O3S. The zero-order valence-electron chi connectivity index (χ0n) is 16.8. The van der Waals surface area contributed by atoms with Gasteiger partial charge in [-0.2, -0.15) is 0 Å². The normalized spacial score (nSPS) is 25.1. The Morgan fingerprint density at radius 2 is 1.89 bits per heavy atom. The Morgan fingerprint density at radius 1 is 1.21 bits per heavy atom. The van der Waals surface area contributed by atoms with E-state index in [1.54, 1.807) is 11.3 Å². The van der Waals surface area contributed by atoms with Crippen LogP contribution in [0.25, 0.3) is 0 Å². The van der Waals surface area contributed by atoms with Gasteiger partial charge >= 0.3 is 0 Å². The summed E-state index contributed by atoms with van der Waals surface area (Å²) in [4.78, 5) is 24.2. The standard InChI is InChI=1S/C20H32N4O3S/c1-22-8-10-23(11-9-22)14-18-21-17(15-28-18)20(26)4-6-24(7-5-20)19(25)16-2-12-27-13-3-16/h15-16,26H,2-14H2,1H3. The summed E-state index contributed by atoms with van der Waals surface area (Å²) in [5.74, 6) is 0.328. The summed E-state index contributed by atoms with van der Waals surface area (Å²) in [5, 5.41) is 14.3. The molecule has 3 fully saturated rings. The highest BCUT2D eigenvalue weighted by Gasteiger charge is 2.39. The van der Waals surface area contributed by atoms with Gasteiger partial charge in [0.05, 0.1) is 12.2 Å². The molecule has 4 heterocycles. The van der Waals surface area contributed by atoms with Gasteiger partial charge in [-0.05, 0) is 32.7 Å². The Labute approximate surface area is 171 Å². The third-order valence-corrected chi connectivity index (χ3v) is 7.29. The van der Waals surface area contributed by atoms with E-state index in [2.05, 4.69) is 16.8 Å². The molecular weight excluding hydrogens is 376 g/mol. The number of nitrogens with zero attached hydrogens (tertiary/aromatic N) is 4. The molecule has 7 nitrogen and oxygen atoms in total. The average molecular weight is 409 g/mol. The van der Waals surface area contributed by atoms with Crippen molar-refractivity contribution in [2.45, 2.75) is 37.8 Å². The first-order valence-electron chi connectivity index (χ1n) is 10.5. The SMILES string of the molecule is CN1CCN(Cc2nc(C3(O)CCN(C(=O)C4CCOCC4)CC3)cs2)CC1. The van der Waals surface area contributed by atoms with E-state index in [0.717, 1.165) is 56.3 Å². The number of thiazole rings is 1. The molecule has 3 saturated heterocycles. The lowest BCUT2D eigenvalue weighted by atomic mass is 9.87. The number of likely N-dealkylation sites (tertiary alicyclic amines) is 1. The zero-order valence-corrected chi connectivity index (χ0v) is 17.6. The number of hydrogen-bond acceptors (Lipinski definition) is 7. The monoisotopic (exact) mass is 408 g/mol. The molecule has 0 bridgehead atoms. The molecule has 0 aliphatic carbocycles. The predicted molar refractivity (Wildman–Crippen MR) is 108 cm³/mol. The molecule has 156 valence electrons. The fourth-order valence-electron chi connectivity index (χ4n) is 4.35. The highest BCUT2D eigenvalue weighted by molar-refractivity contribution is 7.09. The summed E-state index contributed by atoms with van der Waals surface area (Å²) in [5.41, 5.74) is -0.108. The Hall–Kier alpha value is -1.06. The van der Waals surface area contributed by atoms with E-state index in [1.165, 1.54) is 0 Å². The van der Waals surface area contributed by atoms with Crippen LogP contribution in [0.5, 0.6) is 0 Å². The van der Waals surface area contributed by atoms with Crippen molar-refractivity contribution in [2.75, 3.05) is 59.5 Å². The second-order valence-electron chi connectivity index (χ2n) is 8.45. The lowest BCUT2D eigenvalue weighted by molar-refractivity contribution is -0.143. The van der Waals surface area contributed by atoms with Crippen molar-refractivity contribution >= 4 is 17.2 Å². The lowest BCUT2D eigenvalue weighted by Gasteiger charge is -2.39. The number of hydrogen-bond donors (Lipinski definition) is 1. The van der Waals surface area contributed by atoms with Gasteiger partial charge in [0.2, 0.25) is 5.91 Å². The molecule has 0 radical (unpaired) electrons. The average Bonchev–Trinajstić information content (AvgIpc) is 3.20. The maximum atomic E-state index is 12.7. The number of aromatic nitrogens is 1. The molecule has 0 aromatic carbocycles. The van der Waals surface area contributed by atoms with Crippen LogP contribution in [0.4, 0.5) is 0 Å². The van der Waals surface area contributed by atoms with E-state index >= 15 is 0 Å². The molecule has 0 saturated carbocycles. The minimum absolute atomic E-state index is 0.0920. The van der Waals surface area contributed by atoms with Gasteiger partial charge in [0.15, 0.2) is 0 Å². The Balaban J connectivity index is 1.31. The summed E-state index contributed by atoms with van der Waals surface area (Å²) in [7, 11) is 2.16. The van der Waals surface area contributed by atoms with E-state index in [-0.39, 0.29) is 11.8 Å². The van der Waals surface area contributed by atoms with Crippen LogP contribution in [0.1, 0.15) is 36.4 Å². The van der Waals surface area contributed by atoms with Crippen molar-refractivity contribution in [1.29, 1.82) is 0 Å². The Morgan fingerprint density at radius 3 is 2.57 bits per heavy atom. The molecule has 0 spiro atoms. The summed E-state index contributed by atoms with van der Waals surface area (Å²) >= 11 is 1.65. The third-order valence-electron chi connectivity index (χ3n) is 6.46. The van der Waals surface area contributed by atoms with Crippen molar-refractivity contribution in [2.24, 2.45) is 5.92 Å². The number of aliphatic hydroxyl groups is 1. The van der Waals surface area contributed by atoms with Crippen LogP contribution in [0.3, 0.4) is 0 Å². The second kappa shape index (κ2) is 8.75. The largest absolute Gasteiger partial charge is 0.383 e. The van der Waals surface area contributed by atoms with Gasteiger partial charge in [-0.15, -0.1) is 11.3 Å². The van der Waals surface area contributed by atoms with Crippen LogP contribution >= 0.6 is 11.3 Å². The lowest BCUT2D eigenvalue weighted by Crippen LogP contribution is -2.48. The maximum absolute atomic E-state index is 12.7. The molecule has 28 heavy (non-hydrogen) atoms. The number of likely N-dealkylation sites (N-methyl/N-ethyl adjacent to an activating group) is 1. The van der Waals surface area contributed by atoms with Gasteiger partial charge in [0, 0.05) is 63.8 Å². The van der Waals surface area contributed by atoms with Crippen molar-refractivity contribution < 1.29 is 14.6 Å². The molecule has 1 aromatic rings. The van der Waals surface area contributed by atoms with Crippen molar-refractivity contribution in [3.63, 3.8) is 0 Å². The summed E-state index contributed by atoms with van der Waals surface area (Å²) in [6.45, 7) is 7.78. The number of carbonyl (C=O) groups excluding carboxylic acids is 1. The Kier molecular flexibility index (Phi) is 6.32. The molecule has 8 heteroatoms. The minimum atomic E-state index is -0.899. The van der Waals surface area contributed by atoms with Gasteiger partial charge in [0.1, 0.15) is 10.6 Å². The topological polar surface area (TPSA) is 69.1 Å². The van der Waals surface area contributed by atoms with Gasteiger partial charge in [0.25, 0.3) is 0 Å². The number of carbonyl (C=O) groups is 1. The van der Waals surface area contributed by atoms with E-state index < -0.39 is 5.60 Å². The van der Waals surface area contributed by atoms with E-state index in [9.17, 15) is 9.90 Å². The maximum Gasteiger partial charge on any atom is 0.225 e. The van der Waals surface area contributed by atoms with Gasteiger partial charge in [-0.3, -0.25) is 9.69 Å². The van der Waals surface area contributed by atoms with Crippen molar-refractivity contribution in [1.82, 2.24) is 19.7 Å². The van der Waals surface area contributed by atoms with Gasteiger partial charge in [-0.1, -0.05) is 0 Å². The van der Waals surface area contributed by atoms with E-state index in [4.69, 9.17) is 9.72 Å². The minimum Gasteiger partial charge on any atom is -0.383 e. The van der Waals surface area contributed by atoms with Crippen LogP contribution < -0.4 is 0 Å². The smallest absolute Gasteiger partial charge is 0.225 e. The number of piperazine rings is 1. The molecule has 1 aromatic heterocycles. The van der Waals surface area contributed by atoms with E-state index in [0.29, 0.717) is 39.1 Å². The summed E-state index contributed by atoms with van der Waals surface area (Å²) < 4.78 is 5.37. The first-order valence-corrected chi connectivity index (χ1v) is 11.4. The fraction of sp³-hybridized carbons (Fsp3) is 0.800. The highest BCUT2D eigenvalue weighted by Crippen LogP contribution is 2.34. The number of amides is 1. The molecule has 0 unspecified atom stereocenters. The highest BCUT2D eigenvalue weighted by atomic mass is 32.1. The number of rotatable bonds is 4. The molecule has 3 aliphatic rings. The van der Waals surface area contributed by atoms with Crippen LogP contribution in [-0.2, 0) is 21.7 Å². The Bertz CT molecular complexity index is 660. The first kappa shape index (κ1) is 20.2. The second-order valence-corrected chi connectivity index (χ2v) is 9.39. The van der Waals surface area contributed by atoms with Crippen LogP contribution in [0.15, 0.2) is 5.38 Å². The van der Waals surface area contributed by atoms with Crippen LogP contribution in [-0.4, -0.2) is 90.2 Å². The summed E-state index contributed by atoms with van der Waals surface area (Å²) in [6, 6.07) is 0. The summed E-state index contributed by atoms with van der Waals surface area (Å²) in [6.07, 6.45) is 2.78. The van der Waals surface area contributed by atoms with Gasteiger partial charge in [-0.25, -0.2) is 4.98 Å². The zero-order chi connectivity index (χ0) is 19.6. The quantitative estimate of drug-likeness (QED) is 0.806. The van der Waals surface area contributed by atoms with Gasteiger partial charge < -0.3 is 19.6 Å². The van der Waals surface area contributed by atoms with Crippen LogP contribution in [0.2, 0.25) is 0 Å². The predicted octanol–water partition coefficient (Wildman–Crippen LogP) is 1.13. The van der Waals surface area contributed by atoms with Crippen molar-refractivity contribution in [3.05, 3.63) is 16.1 Å². The molecule has 0 atom stereocenters. The third kappa shape index (κ3) is 4.57. The van der Waals surface area contributed by atoms with Crippen molar-refractivity contribution in [3.8, 4) is 0 Å². The number of piperidine rings is 1. The number of ether oxygens (including phenoxy) is 1. The molecule has 1 N–H and O–H groups in total. The van der Waals surface area contributed by atoms with Crippen LogP contribution in [0, 0.1) is 5.92 Å². The molecule has 1 amide bonds. The molecule has 3 aliphatic heterocycles. The fourth-order valence-corrected chi connectivity index (χ4v) is 5.28. The first-order chi connectivity index (χ1) is 13.5. The molecule has 4 rings (SSSR count).